The lowest BCUT2D eigenvalue weighted by molar-refractivity contribution is -0.131. The molecule has 1 saturated heterocycles. The molecule has 4 nitrogen and oxygen atoms in total. The van der Waals surface area contributed by atoms with Gasteiger partial charge in [-0.05, 0) is 50.1 Å². The second-order valence-corrected chi connectivity index (χ2v) is 5.73. The Morgan fingerprint density at radius 1 is 1.45 bits per heavy atom. The van der Waals surface area contributed by atoms with Crippen molar-refractivity contribution in [3.63, 3.8) is 0 Å². The largest absolute Gasteiger partial charge is 0.478 e. The minimum absolute atomic E-state index is 0.0247. The summed E-state index contributed by atoms with van der Waals surface area (Å²) in [6, 6.07) is 6.12. The van der Waals surface area contributed by atoms with Crippen molar-refractivity contribution in [2.75, 3.05) is 24.7 Å². The Morgan fingerprint density at radius 3 is 2.80 bits per heavy atom. The molecule has 1 aliphatic rings. The molecule has 20 heavy (non-hydrogen) atoms. The minimum atomic E-state index is -0.928. The van der Waals surface area contributed by atoms with E-state index in [0.29, 0.717) is 6.61 Å². The molecular formula is C16H21NO3. The van der Waals surface area contributed by atoms with Gasteiger partial charge in [0.2, 0.25) is 0 Å². The van der Waals surface area contributed by atoms with Crippen molar-refractivity contribution in [3.05, 3.63) is 35.4 Å². The summed E-state index contributed by atoms with van der Waals surface area (Å²) >= 11 is 0. The highest BCUT2D eigenvalue weighted by Gasteiger charge is 2.30. The van der Waals surface area contributed by atoms with E-state index >= 15 is 0 Å². The molecule has 0 radical (unpaired) electrons. The molecule has 2 rings (SSSR count). The molecule has 0 aliphatic carbocycles. The Bertz CT molecular complexity index is 535. The van der Waals surface area contributed by atoms with Gasteiger partial charge in [-0.25, -0.2) is 4.79 Å². The predicted molar refractivity (Wildman–Crippen MR) is 80.1 cm³/mol. The fraction of sp³-hybridized carbons (Fsp3) is 0.438. The number of hydrogen-bond acceptors (Lipinski definition) is 3. The van der Waals surface area contributed by atoms with Gasteiger partial charge in [-0.2, -0.15) is 0 Å². The highest BCUT2D eigenvalue weighted by molar-refractivity contribution is 5.85. The number of carboxylic acids is 1. The van der Waals surface area contributed by atoms with Gasteiger partial charge >= 0.3 is 5.97 Å². The van der Waals surface area contributed by atoms with Crippen LogP contribution in [0.25, 0.3) is 6.08 Å². The van der Waals surface area contributed by atoms with Gasteiger partial charge in [-0.3, -0.25) is 0 Å². The van der Waals surface area contributed by atoms with Crippen LogP contribution in [0.5, 0.6) is 0 Å². The molecular weight excluding hydrogens is 254 g/mol. The molecule has 1 fully saturated rings. The first-order chi connectivity index (χ1) is 9.40. The molecule has 1 heterocycles. The minimum Gasteiger partial charge on any atom is -0.478 e. The number of rotatable bonds is 3. The molecule has 1 aliphatic heterocycles. The molecule has 0 amide bonds. The van der Waals surface area contributed by atoms with Gasteiger partial charge in [0, 0.05) is 18.3 Å². The number of morpholine rings is 1. The summed E-state index contributed by atoms with van der Waals surface area (Å²) in [5, 5.41) is 8.68. The number of carboxylic acid groups (broad SMARTS) is 1. The van der Waals surface area contributed by atoms with E-state index in [0.717, 1.165) is 30.0 Å². The second-order valence-electron chi connectivity index (χ2n) is 5.73. The lowest BCUT2D eigenvalue weighted by atomic mass is 9.99. The van der Waals surface area contributed by atoms with Crippen LogP contribution in [0.4, 0.5) is 5.69 Å². The third kappa shape index (κ3) is 3.20. The van der Waals surface area contributed by atoms with Gasteiger partial charge in [0.05, 0.1) is 18.8 Å². The summed E-state index contributed by atoms with van der Waals surface area (Å²) in [4.78, 5) is 12.9. The Balaban J connectivity index is 2.26. The fourth-order valence-electron chi connectivity index (χ4n) is 2.51. The summed E-state index contributed by atoms with van der Waals surface area (Å²) in [7, 11) is 0. The maximum Gasteiger partial charge on any atom is 0.328 e. The Morgan fingerprint density at radius 2 is 2.20 bits per heavy atom. The first kappa shape index (κ1) is 14.6. The van der Waals surface area contributed by atoms with E-state index in [2.05, 4.69) is 24.8 Å². The van der Waals surface area contributed by atoms with Crippen LogP contribution in [-0.4, -0.2) is 36.4 Å². The predicted octanol–water partition coefficient (Wildman–Crippen LogP) is 2.71. The quantitative estimate of drug-likeness (QED) is 0.862. The van der Waals surface area contributed by atoms with E-state index in [1.54, 1.807) is 6.08 Å². The highest BCUT2D eigenvalue weighted by Crippen LogP contribution is 2.28. The van der Waals surface area contributed by atoms with Crippen molar-refractivity contribution in [2.45, 2.75) is 26.3 Å². The maximum absolute atomic E-state index is 10.6. The molecule has 0 spiro atoms. The maximum atomic E-state index is 10.6. The van der Waals surface area contributed by atoms with Crippen LogP contribution in [0.1, 0.15) is 25.0 Å². The van der Waals surface area contributed by atoms with Crippen LogP contribution in [0.2, 0.25) is 0 Å². The van der Waals surface area contributed by atoms with Crippen molar-refractivity contribution >= 4 is 17.7 Å². The Hall–Kier alpha value is -1.81. The van der Waals surface area contributed by atoms with Gasteiger partial charge in [-0.15, -0.1) is 0 Å². The summed E-state index contributed by atoms with van der Waals surface area (Å²) in [5.41, 5.74) is 3.14. The molecule has 108 valence electrons. The van der Waals surface area contributed by atoms with Gasteiger partial charge in [0.15, 0.2) is 0 Å². The fourth-order valence-corrected chi connectivity index (χ4v) is 2.51. The standard InChI is InChI=1S/C16H21NO3/c1-12-10-14(6-4-13(12)5-7-15(18)19)17-8-9-20-11-16(17,2)3/h4-7,10H,8-9,11H2,1-3H3,(H,18,19). The first-order valence-electron chi connectivity index (χ1n) is 6.77. The third-order valence-electron chi connectivity index (χ3n) is 3.62. The van der Waals surface area contributed by atoms with E-state index in [1.807, 2.05) is 19.1 Å². The molecule has 0 atom stereocenters. The second kappa shape index (κ2) is 5.67. The number of hydrogen-bond donors (Lipinski definition) is 1. The summed E-state index contributed by atoms with van der Waals surface area (Å²) in [6.45, 7) is 8.66. The number of ether oxygens (including phenoxy) is 1. The average Bonchev–Trinajstić information content (AvgIpc) is 2.36. The van der Waals surface area contributed by atoms with Gasteiger partial charge in [-0.1, -0.05) is 6.07 Å². The summed E-state index contributed by atoms with van der Waals surface area (Å²) in [5.74, 6) is -0.928. The smallest absolute Gasteiger partial charge is 0.328 e. The van der Waals surface area contributed by atoms with Gasteiger partial charge < -0.3 is 14.7 Å². The van der Waals surface area contributed by atoms with E-state index in [1.165, 1.54) is 6.08 Å². The zero-order valence-electron chi connectivity index (χ0n) is 12.2. The Kier molecular flexibility index (Phi) is 4.14. The van der Waals surface area contributed by atoms with Crippen LogP contribution in [0, 0.1) is 6.92 Å². The molecule has 1 aromatic carbocycles. The van der Waals surface area contributed by atoms with Crippen molar-refractivity contribution in [1.82, 2.24) is 0 Å². The van der Waals surface area contributed by atoms with E-state index in [9.17, 15) is 4.79 Å². The average molecular weight is 275 g/mol. The van der Waals surface area contributed by atoms with Crippen LogP contribution >= 0.6 is 0 Å². The number of benzene rings is 1. The van der Waals surface area contributed by atoms with Crippen LogP contribution in [0.3, 0.4) is 0 Å². The van der Waals surface area contributed by atoms with Crippen LogP contribution < -0.4 is 4.90 Å². The zero-order chi connectivity index (χ0) is 14.8. The van der Waals surface area contributed by atoms with E-state index < -0.39 is 5.97 Å². The molecule has 0 unspecified atom stereocenters. The third-order valence-corrected chi connectivity index (χ3v) is 3.62. The number of nitrogens with zero attached hydrogens (tertiary/aromatic N) is 1. The zero-order valence-corrected chi connectivity index (χ0v) is 12.2. The molecule has 1 N–H and O–H groups in total. The molecule has 4 heteroatoms. The van der Waals surface area contributed by atoms with Crippen molar-refractivity contribution in [3.8, 4) is 0 Å². The number of carbonyl (C=O) groups is 1. The van der Waals surface area contributed by atoms with E-state index in [-0.39, 0.29) is 5.54 Å². The summed E-state index contributed by atoms with van der Waals surface area (Å²) < 4.78 is 5.54. The molecule has 0 bridgehead atoms. The van der Waals surface area contributed by atoms with Crippen molar-refractivity contribution in [2.24, 2.45) is 0 Å². The lowest BCUT2D eigenvalue weighted by Crippen LogP contribution is -2.53. The number of anilines is 1. The Labute approximate surface area is 119 Å². The van der Waals surface area contributed by atoms with Gasteiger partial charge in [0.1, 0.15) is 0 Å². The first-order valence-corrected chi connectivity index (χ1v) is 6.77. The van der Waals surface area contributed by atoms with Crippen molar-refractivity contribution in [1.29, 1.82) is 0 Å². The lowest BCUT2D eigenvalue weighted by Gasteiger charge is -2.44. The van der Waals surface area contributed by atoms with Crippen molar-refractivity contribution < 1.29 is 14.6 Å². The number of aryl methyl sites for hydroxylation is 1. The molecule has 0 aromatic heterocycles. The number of aliphatic carboxylic acids is 1. The molecule has 1 aromatic rings. The highest BCUT2D eigenvalue weighted by atomic mass is 16.5. The monoisotopic (exact) mass is 275 g/mol. The topological polar surface area (TPSA) is 49.8 Å². The normalized spacial score (nSPS) is 18.4. The summed E-state index contributed by atoms with van der Waals surface area (Å²) in [6.07, 6.45) is 2.80. The van der Waals surface area contributed by atoms with Crippen LogP contribution in [-0.2, 0) is 9.53 Å². The van der Waals surface area contributed by atoms with E-state index in [4.69, 9.17) is 9.84 Å². The SMILES string of the molecule is Cc1cc(N2CCOCC2(C)C)ccc1C=CC(=O)O. The molecule has 0 saturated carbocycles. The van der Waals surface area contributed by atoms with Gasteiger partial charge in [0.25, 0.3) is 0 Å². The van der Waals surface area contributed by atoms with Crippen LogP contribution in [0.15, 0.2) is 24.3 Å².